The highest BCUT2D eigenvalue weighted by Gasteiger charge is 2.20. The fourth-order valence-corrected chi connectivity index (χ4v) is 3.73. The van der Waals surface area contributed by atoms with E-state index in [9.17, 15) is 9.90 Å². The first-order valence-electron chi connectivity index (χ1n) is 11.2. The summed E-state index contributed by atoms with van der Waals surface area (Å²) in [6.07, 6.45) is 2.26. The van der Waals surface area contributed by atoms with Gasteiger partial charge in [-0.1, -0.05) is 37.3 Å². The number of carbonyl (C=O) groups is 1. The zero-order chi connectivity index (χ0) is 23.0. The van der Waals surface area contributed by atoms with Crippen LogP contribution < -0.4 is 9.47 Å². The van der Waals surface area contributed by atoms with E-state index in [0.29, 0.717) is 33.0 Å². The van der Waals surface area contributed by atoms with Crippen LogP contribution in [0, 0.1) is 0 Å². The van der Waals surface area contributed by atoms with Crippen LogP contribution in [0.25, 0.3) is 16.8 Å². The van der Waals surface area contributed by atoms with E-state index in [1.165, 1.54) is 10.9 Å². The fraction of sp³-hybridized carbons (Fsp3) is 0.360. The lowest BCUT2D eigenvalue weighted by atomic mass is 10.0. The average Bonchev–Trinajstić information content (AvgIpc) is 3.28. The Morgan fingerprint density at radius 3 is 2.55 bits per heavy atom. The molecule has 1 N–H and O–H groups in total. The number of benzene rings is 2. The lowest BCUT2D eigenvalue weighted by Crippen LogP contribution is -2.38. The maximum Gasteiger partial charge on any atom is 0.342 e. The molecule has 2 heterocycles. The quantitative estimate of drug-likeness (QED) is 0.503. The predicted molar refractivity (Wildman–Crippen MR) is 124 cm³/mol. The third-order valence-electron chi connectivity index (χ3n) is 5.48. The molecule has 0 amide bonds. The van der Waals surface area contributed by atoms with Crippen LogP contribution in [0.2, 0.25) is 0 Å². The Morgan fingerprint density at radius 1 is 1.06 bits per heavy atom. The summed E-state index contributed by atoms with van der Waals surface area (Å²) < 4.78 is 18.7. The van der Waals surface area contributed by atoms with Gasteiger partial charge in [0.25, 0.3) is 0 Å². The van der Waals surface area contributed by atoms with Gasteiger partial charge in [0.05, 0.1) is 31.7 Å². The maximum absolute atomic E-state index is 11.7. The molecule has 8 nitrogen and oxygen atoms in total. The second kappa shape index (κ2) is 11.0. The number of carboxylic acid groups (broad SMARTS) is 1. The number of carboxylic acids is 1. The van der Waals surface area contributed by atoms with Crippen molar-refractivity contribution in [2.75, 3.05) is 46.1 Å². The van der Waals surface area contributed by atoms with Gasteiger partial charge in [-0.2, -0.15) is 5.10 Å². The van der Waals surface area contributed by atoms with Gasteiger partial charge in [0.1, 0.15) is 17.9 Å². The van der Waals surface area contributed by atoms with Gasteiger partial charge in [-0.05, 0) is 30.2 Å². The third kappa shape index (κ3) is 5.53. The summed E-state index contributed by atoms with van der Waals surface area (Å²) in [6, 6.07) is 15.7. The Bertz CT molecular complexity index is 1060. The van der Waals surface area contributed by atoms with Crippen molar-refractivity contribution >= 4 is 5.97 Å². The molecule has 1 saturated heterocycles. The molecule has 2 aromatic carbocycles. The van der Waals surface area contributed by atoms with Gasteiger partial charge in [0.15, 0.2) is 0 Å². The van der Waals surface area contributed by atoms with Crippen LogP contribution in [0.15, 0.2) is 54.7 Å². The van der Waals surface area contributed by atoms with E-state index in [2.05, 4.69) is 16.9 Å². The van der Waals surface area contributed by atoms with Crippen molar-refractivity contribution in [2.45, 2.75) is 13.3 Å². The highest BCUT2D eigenvalue weighted by Crippen LogP contribution is 2.31. The Kier molecular flexibility index (Phi) is 7.59. The second-order valence-electron chi connectivity index (χ2n) is 7.77. The van der Waals surface area contributed by atoms with Crippen molar-refractivity contribution in [2.24, 2.45) is 0 Å². The highest BCUT2D eigenvalue weighted by atomic mass is 16.5. The Labute approximate surface area is 193 Å². The molecule has 33 heavy (non-hydrogen) atoms. The first kappa shape index (κ1) is 22.8. The van der Waals surface area contributed by atoms with Crippen molar-refractivity contribution in [1.29, 1.82) is 0 Å². The molecule has 0 unspecified atom stereocenters. The molecule has 174 valence electrons. The number of ether oxygens (including phenoxy) is 3. The third-order valence-corrected chi connectivity index (χ3v) is 5.48. The SMILES string of the molecule is CCCOc1ccccc1-c1ccc(-n2ncc(C(=O)O)c2OCCN2CCOCC2)cc1. The molecule has 1 aromatic heterocycles. The van der Waals surface area contributed by atoms with Crippen LogP contribution in [-0.2, 0) is 4.74 Å². The summed E-state index contributed by atoms with van der Waals surface area (Å²) in [5.74, 6) is 0.00270. The minimum absolute atomic E-state index is 0.0411. The van der Waals surface area contributed by atoms with Crippen molar-refractivity contribution in [3.05, 3.63) is 60.3 Å². The van der Waals surface area contributed by atoms with Gasteiger partial charge in [0, 0.05) is 25.2 Å². The van der Waals surface area contributed by atoms with Crippen molar-refractivity contribution in [3.63, 3.8) is 0 Å². The molecule has 0 radical (unpaired) electrons. The number of rotatable bonds is 10. The molecule has 3 aromatic rings. The minimum Gasteiger partial charge on any atom is -0.493 e. The molecule has 1 fully saturated rings. The highest BCUT2D eigenvalue weighted by molar-refractivity contribution is 5.90. The van der Waals surface area contributed by atoms with Gasteiger partial charge in [0.2, 0.25) is 5.88 Å². The Morgan fingerprint density at radius 2 is 1.82 bits per heavy atom. The molecule has 1 aliphatic rings. The zero-order valence-electron chi connectivity index (χ0n) is 18.8. The molecule has 0 aliphatic carbocycles. The average molecular weight is 452 g/mol. The number of nitrogens with zero attached hydrogens (tertiary/aromatic N) is 3. The van der Waals surface area contributed by atoms with E-state index in [-0.39, 0.29) is 11.4 Å². The van der Waals surface area contributed by atoms with Gasteiger partial charge in [-0.25, -0.2) is 9.48 Å². The lowest BCUT2D eigenvalue weighted by Gasteiger charge is -2.26. The van der Waals surface area contributed by atoms with Crippen LogP contribution in [-0.4, -0.2) is 71.8 Å². The molecule has 0 bridgehead atoms. The monoisotopic (exact) mass is 451 g/mol. The van der Waals surface area contributed by atoms with Gasteiger partial charge in [-0.15, -0.1) is 0 Å². The number of para-hydroxylation sites is 1. The van der Waals surface area contributed by atoms with Gasteiger partial charge < -0.3 is 19.3 Å². The number of morpholine rings is 1. The summed E-state index contributed by atoms with van der Waals surface area (Å²) in [4.78, 5) is 14.0. The van der Waals surface area contributed by atoms with E-state index >= 15 is 0 Å². The van der Waals surface area contributed by atoms with Crippen LogP contribution in [0.1, 0.15) is 23.7 Å². The van der Waals surface area contributed by atoms with Crippen molar-refractivity contribution in [3.8, 4) is 28.4 Å². The molecule has 0 spiro atoms. The first-order valence-corrected chi connectivity index (χ1v) is 11.2. The summed E-state index contributed by atoms with van der Waals surface area (Å²) in [6.45, 7) is 6.90. The van der Waals surface area contributed by atoms with Crippen molar-refractivity contribution < 1.29 is 24.1 Å². The van der Waals surface area contributed by atoms with E-state index < -0.39 is 5.97 Å². The molecular weight excluding hydrogens is 422 g/mol. The topological polar surface area (TPSA) is 86.1 Å². The van der Waals surface area contributed by atoms with Crippen LogP contribution in [0.3, 0.4) is 0 Å². The van der Waals surface area contributed by atoms with E-state index in [1.807, 2.05) is 48.5 Å². The molecule has 8 heteroatoms. The largest absolute Gasteiger partial charge is 0.493 e. The normalized spacial score (nSPS) is 14.2. The second-order valence-corrected chi connectivity index (χ2v) is 7.77. The molecule has 0 saturated carbocycles. The molecular formula is C25H29N3O5. The summed E-state index contributed by atoms with van der Waals surface area (Å²) in [5.41, 5.74) is 2.77. The predicted octanol–water partition coefficient (Wildman–Crippen LogP) is 3.74. The lowest BCUT2D eigenvalue weighted by molar-refractivity contribution is 0.0317. The van der Waals surface area contributed by atoms with E-state index in [0.717, 1.165) is 42.1 Å². The van der Waals surface area contributed by atoms with Crippen LogP contribution in [0.4, 0.5) is 0 Å². The zero-order valence-corrected chi connectivity index (χ0v) is 18.8. The summed E-state index contributed by atoms with van der Waals surface area (Å²) in [5, 5.41) is 13.9. The maximum atomic E-state index is 11.7. The number of hydrogen-bond acceptors (Lipinski definition) is 6. The summed E-state index contributed by atoms with van der Waals surface area (Å²) in [7, 11) is 0. The van der Waals surface area contributed by atoms with Crippen molar-refractivity contribution in [1.82, 2.24) is 14.7 Å². The van der Waals surface area contributed by atoms with Gasteiger partial charge >= 0.3 is 5.97 Å². The summed E-state index contributed by atoms with van der Waals surface area (Å²) >= 11 is 0. The number of hydrogen-bond donors (Lipinski definition) is 1. The standard InChI is InChI=1S/C25H29N3O5/c1-2-14-32-23-6-4-3-5-21(23)19-7-9-20(10-8-19)28-24(22(18-26-28)25(29)30)33-17-13-27-11-15-31-16-12-27/h3-10,18H,2,11-17H2,1H3,(H,29,30). The van der Waals surface area contributed by atoms with Crippen LogP contribution in [0.5, 0.6) is 11.6 Å². The minimum atomic E-state index is -1.07. The molecule has 4 rings (SSSR count). The van der Waals surface area contributed by atoms with E-state index in [1.54, 1.807) is 0 Å². The number of aromatic nitrogens is 2. The molecule has 0 atom stereocenters. The first-order chi connectivity index (χ1) is 16.2. The van der Waals surface area contributed by atoms with E-state index in [4.69, 9.17) is 14.2 Å². The number of aromatic carboxylic acids is 1. The Balaban J connectivity index is 1.53. The van der Waals surface area contributed by atoms with Crippen LogP contribution >= 0.6 is 0 Å². The fourth-order valence-electron chi connectivity index (χ4n) is 3.73. The smallest absolute Gasteiger partial charge is 0.342 e. The Hall–Kier alpha value is -3.36. The van der Waals surface area contributed by atoms with Gasteiger partial charge in [-0.3, -0.25) is 4.90 Å². The molecule has 1 aliphatic heterocycles.